The predicted octanol–water partition coefficient (Wildman–Crippen LogP) is 4.71. The summed E-state index contributed by atoms with van der Waals surface area (Å²) in [4.78, 5) is 42.2. The Morgan fingerprint density at radius 2 is 1.41 bits per heavy atom. The Hall–Kier alpha value is -4.65. The molecule has 7 nitrogen and oxygen atoms in total. The van der Waals surface area contributed by atoms with Gasteiger partial charge in [-0.05, 0) is 54.5 Å². The number of para-hydroxylation sites is 2. The number of aromatic hydroxyl groups is 1. The van der Waals surface area contributed by atoms with Crippen molar-refractivity contribution in [3.63, 3.8) is 0 Å². The lowest BCUT2D eigenvalue weighted by Gasteiger charge is -2.34. The summed E-state index contributed by atoms with van der Waals surface area (Å²) in [6.45, 7) is 3.69. The topological polar surface area (TPSA) is 87.2 Å². The molecule has 1 aliphatic heterocycles. The highest BCUT2D eigenvalue weighted by atomic mass is 16.5. The van der Waals surface area contributed by atoms with Crippen molar-refractivity contribution in [1.29, 1.82) is 0 Å². The van der Waals surface area contributed by atoms with E-state index in [1.54, 1.807) is 72.8 Å². The van der Waals surface area contributed by atoms with E-state index in [-0.39, 0.29) is 17.1 Å². The SMILES string of the molecule is C=CCc1cc(C=C2C(=O)N(c3ccccc3)C(=O)N(c3ccccc3)C2=O)cc(OC)c1O. The highest BCUT2D eigenvalue weighted by molar-refractivity contribution is 6.46. The highest BCUT2D eigenvalue weighted by Crippen LogP contribution is 2.34. The fourth-order valence-corrected chi connectivity index (χ4v) is 3.75. The van der Waals surface area contributed by atoms with Gasteiger partial charge in [-0.3, -0.25) is 9.59 Å². The zero-order valence-corrected chi connectivity index (χ0v) is 18.5. The maximum Gasteiger partial charge on any atom is 0.343 e. The largest absolute Gasteiger partial charge is 0.504 e. The van der Waals surface area contributed by atoms with E-state index in [0.717, 1.165) is 9.80 Å². The zero-order chi connectivity index (χ0) is 24.2. The molecule has 1 aliphatic rings. The van der Waals surface area contributed by atoms with E-state index in [1.807, 2.05) is 0 Å². The van der Waals surface area contributed by atoms with E-state index in [4.69, 9.17) is 4.74 Å². The highest BCUT2D eigenvalue weighted by Gasteiger charge is 2.43. The van der Waals surface area contributed by atoms with Crippen molar-refractivity contribution >= 4 is 35.3 Å². The summed E-state index contributed by atoms with van der Waals surface area (Å²) in [5.41, 5.74) is 1.45. The number of barbiturate groups is 1. The number of urea groups is 1. The molecule has 1 heterocycles. The molecular formula is C27H22N2O5. The number of methoxy groups -OCH3 is 1. The maximum atomic E-state index is 13.5. The minimum atomic E-state index is -0.764. The van der Waals surface area contributed by atoms with E-state index >= 15 is 0 Å². The quantitative estimate of drug-likeness (QED) is 0.331. The van der Waals surface area contributed by atoms with Crippen LogP contribution in [0.3, 0.4) is 0 Å². The molecule has 0 spiro atoms. The first-order valence-corrected chi connectivity index (χ1v) is 10.5. The molecule has 0 radical (unpaired) electrons. The number of nitrogens with zero attached hydrogens (tertiary/aromatic N) is 2. The number of hydrogen-bond acceptors (Lipinski definition) is 5. The molecule has 1 saturated heterocycles. The first-order chi connectivity index (χ1) is 16.5. The Kier molecular flexibility index (Phi) is 6.27. The summed E-state index contributed by atoms with van der Waals surface area (Å²) >= 11 is 0. The molecule has 0 unspecified atom stereocenters. The molecule has 170 valence electrons. The Morgan fingerprint density at radius 1 is 0.882 bits per heavy atom. The van der Waals surface area contributed by atoms with Crippen molar-refractivity contribution in [1.82, 2.24) is 0 Å². The van der Waals surface area contributed by atoms with Crippen molar-refractivity contribution in [2.24, 2.45) is 0 Å². The molecule has 34 heavy (non-hydrogen) atoms. The van der Waals surface area contributed by atoms with Crippen LogP contribution in [0.1, 0.15) is 11.1 Å². The molecular weight excluding hydrogens is 432 g/mol. The molecule has 1 fully saturated rings. The van der Waals surface area contributed by atoms with Crippen LogP contribution in [-0.2, 0) is 16.0 Å². The van der Waals surface area contributed by atoms with Crippen LogP contribution in [0.15, 0.2) is 91.0 Å². The van der Waals surface area contributed by atoms with Gasteiger partial charge in [0.1, 0.15) is 5.57 Å². The number of imide groups is 2. The van der Waals surface area contributed by atoms with Gasteiger partial charge in [0.2, 0.25) is 0 Å². The van der Waals surface area contributed by atoms with E-state index in [1.165, 1.54) is 19.3 Å². The van der Waals surface area contributed by atoms with Crippen LogP contribution in [0.5, 0.6) is 11.5 Å². The van der Waals surface area contributed by atoms with Crippen molar-refractivity contribution in [2.75, 3.05) is 16.9 Å². The molecule has 0 bridgehead atoms. The number of hydrogen-bond donors (Lipinski definition) is 1. The fourth-order valence-electron chi connectivity index (χ4n) is 3.75. The summed E-state index contributed by atoms with van der Waals surface area (Å²) in [5, 5.41) is 10.4. The second-order valence-electron chi connectivity index (χ2n) is 7.52. The summed E-state index contributed by atoms with van der Waals surface area (Å²) in [6.07, 6.45) is 3.37. The standard InChI is InChI=1S/C27H22N2O5/c1-3-10-19-15-18(17-23(34-2)24(19)30)16-22-25(31)28(20-11-6-4-7-12-20)27(33)29(26(22)32)21-13-8-5-9-14-21/h3-9,11-17,30H,1,10H2,2H3. The van der Waals surface area contributed by atoms with Crippen LogP contribution in [-0.4, -0.2) is 30.1 Å². The number of allylic oxidation sites excluding steroid dienone is 1. The van der Waals surface area contributed by atoms with Gasteiger partial charge in [-0.1, -0.05) is 42.5 Å². The smallest absolute Gasteiger partial charge is 0.343 e. The van der Waals surface area contributed by atoms with E-state index in [2.05, 4.69) is 6.58 Å². The van der Waals surface area contributed by atoms with Gasteiger partial charge in [0, 0.05) is 5.56 Å². The molecule has 7 heteroatoms. The minimum absolute atomic E-state index is 0.0437. The Morgan fingerprint density at radius 3 is 1.88 bits per heavy atom. The van der Waals surface area contributed by atoms with Crippen LogP contribution in [0.25, 0.3) is 6.08 Å². The molecule has 3 aromatic carbocycles. The number of phenols is 1. The lowest BCUT2D eigenvalue weighted by atomic mass is 10.0. The molecule has 3 aromatic rings. The number of ether oxygens (including phenoxy) is 1. The van der Waals surface area contributed by atoms with Crippen LogP contribution >= 0.6 is 0 Å². The van der Waals surface area contributed by atoms with Gasteiger partial charge in [-0.15, -0.1) is 6.58 Å². The van der Waals surface area contributed by atoms with Gasteiger partial charge in [0.25, 0.3) is 11.8 Å². The normalized spacial score (nSPS) is 13.8. The van der Waals surface area contributed by atoms with Crippen LogP contribution < -0.4 is 14.5 Å². The number of carbonyl (C=O) groups excluding carboxylic acids is 3. The van der Waals surface area contributed by atoms with Gasteiger partial charge in [0.05, 0.1) is 18.5 Å². The van der Waals surface area contributed by atoms with Gasteiger partial charge in [-0.2, -0.15) is 0 Å². The Labute approximate surface area is 196 Å². The first kappa shape index (κ1) is 22.5. The summed E-state index contributed by atoms with van der Waals surface area (Å²) in [7, 11) is 1.41. The lowest BCUT2D eigenvalue weighted by molar-refractivity contribution is -0.121. The molecule has 0 atom stereocenters. The Bertz CT molecular complexity index is 1240. The van der Waals surface area contributed by atoms with Gasteiger partial charge >= 0.3 is 6.03 Å². The number of rotatable bonds is 6. The molecule has 0 aromatic heterocycles. The van der Waals surface area contributed by atoms with E-state index in [0.29, 0.717) is 28.9 Å². The predicted molar refractivity (Wildman–Crippen MR) is 130 cm³/mol. The molecule has 0 aliphatic carbocycles. The second-order valence-corrected chi connectivity index (χ2v) is 7.52. The van der Waals surface area contributed by atoms with Crippen molar-refractivity contribution in [3.8, 4) is 11.5 Å². The minimum Gasteiger partial charge on any atom is -0.504 e. The summed E-state index contributed by atoms with van der Waals surface area (Å²) in [6, 6.07) is 19.2. The summed E-state index contributed by atoms with van der Waals surface area (Å²) in [5.74, 6) is -1.34. The number of carbonyl (C=O) groups is 3. The van der Waals surface area contributed by atoms with Crippen molar-refractivity contribution < 1.29 is 24.2 Å². The van der Waals surface area contributed by atoms with Crippen LogP contribution in [0.4, 0.5) is 16.2 Å². The average Bonchev–Trinajstić information content (AvgIpc) is 2.85. The average molecular weight is 454 g/mol. The van der Waals surface area contributed by atoms with E-state index < -0.39 is 17.8 Å². The Balaban J connectivity index is 1.89. The number of phenolic OH excluding ortho intramolecular Hbond substituents is 1. The van der Waals surface area contributed by atoms with Crippen LogP contribution in [0.2, 0.25) is 0 Å². The first-order valence-electron chi connectivity index (χ1n) is 10.5. The number of amides is 4. The second kappa shape index (κ2) is 9.46. The molecule has 4 amide bonds. The lowest BCUT2D eigenvalue weighted by Crippen LogP contribution is -2.57. The number of benzene rings is 3. The third-order valence-electron chi connectivity index (χ3n) is 5.35. The van der Waals surface area contributed by atoms with Crippen LogP contribution in [0, 0.1) is 0 Å². The fraction of sp³-hybridized carbons (Fsp3) is 0.0741. The zero-order valence-electron chi connectivity index (χ0n) is 18.5. The third kappa shape index (κ3) is 4.06. The molecule has 4 rings (SSSR count). The van der Waals surface area contributed by atoms with Crippen molar-refractivity contribution in [2.45, 2.75) is 6.42 Å². The molecule has 0 saturated carbocycles. The third-order valence-corrected chi connectivity index (χ3v) is 5.35. The van der Waals surface area contributed by atoms with Gasteiger partial charge < -0.3 is 9.84 Å². The monoisotopic (exact) mass is 454 g/mol. The van der Waals surface area contributed by atoms with Gasteiger partial charge in [0.15, 0.2) is 11.5 Å². The summed E-state index contributed by atoms with van der Waals surface area (Å²) < 4.78 is 5.26. The van der Waals surface area contributed by atoms with Gasteiger partial charge in [-0.25, -0.2) is 14.6 Å². The maximum absolute atomic E-state index is 13.5. The van der Waals surface area contributed by atoms with E-state index in [9.17, 15) is 19.5 Å². The molecule has 1 N–H and O–H groups in total. The number of anilines is 2. The van der Waals surface area contributed by atoms with Crippen molar-refractivity contribution in [3.05, 3.63) is 102 Å².